The molecule has 3 aliphatic rings. The Labute approximate surface area is 170 Å². The first-order valence-corrected chi connectivity index (χ1v) is 10.4. The summed E-state index contributed by atoms with van der Waals surface area (Å²) in [5.74, 6) is -0.624. The summed E-state index contributed by atoms with van der Waals surface area (Å²) in [7, 11) is 0. The molecule has 0 radical (unpaired) electrons. The summed E-state index contributed by atoms with van der Waals surface area (Å²) in [4.78, 5) is 38.4. The molecule has 8 heteroatoms. The van der Waals surface area contributed by atoms with Crippen LogP contribution in [0.15, 0.2) is 18.2 Å². The van der Waals surface area contributed by atoms with Crippen LogP contribution < -0.4 is 16.0 Å². The van der Waals surface area contributed by atoms with Crippen LogP contribution in [0.5, 0.6) is 0 Å². The number of nitrogens with zero attached hydrogens (tertiary/aromatic N) is 1. The van der Waals surface area contributed by atoms with Crippen molar-refractivity contribution in [1.29, 1.82) is 0 Å². The van der Waals surface area contributed by atoms with Gasteiger partial charge in [0.25, 0.3) is 5.91 Å². The molecular weight excluding hydrogens is 372 g/mol. The zero-order chi connectivity index (χ0) is 20.4. The van der Waals surface area contributed by atoms with Gasteiger partial charge in [0.05, 0.1) is 0 Å². The third-order valence-electron chi connectivity index (χ3n) is 6.32. The van der Waals surface area contributed by atoms with Crippen LogP contribution in [-0.4, -0.2) is 59.5 Å². The van der Waals surface area contributed by atoms with Gasteiger partial charge in [-0.15, -0.1) is 0 Å². The molecule has 29 heavy (non-hydrogen) atoms. The van der Waals surface area contributed by atoms with Crippen molar-refractivity contribution in [3.05, 3.63) is 34.9 Å². The van der Waals surface area contributed by atoms with E-state index >= 15 is 0 Å². The van der Waals surface area contributed by atoms with Gasteiger partial charge < -0.3 is 20.6 Å². The Bertz CT molecular complexity index is 812. The Morgan fingerprint density at radius 3 is 2.76 bits per heavy atom. The zero-order valence-electron chi connectivity index (χ0n) is 16.4. The van der Waals surface area contributed by atoms with Crippen LogP contribution >= 0.6 is 0 Å². The number of rotatable bonds is 5. The van der Waals surface area contributed by atoms with E-state index in [1.54, 1.807) is 4.90 Å². The van der Waals surface area contributed by atoms with Gasteiger partial charge in [-0.2, -0.15) is 0 Å². The van der Waals surface area contributed by atoms with Crippen molar-refractivity contribution in [3.8, 4) is 0 Å². The van der Waals surface area contributed by atoms with Crippen LogP contribution in [0.25, 0.3) is 0 Å². The molecule has 2 fully saturated rings. The smallest absolute Gasteiger partial charge is 0.255 e. The molecular formula is C21H28N4O4. The maximum absolute atomic E-state index is 13.2. The number of amides is 3. The van der Waals surface area contributed by atoms with Crippen molar-refractivity contribution in [2.75, 3.05) is 19.7 Å². The van der Waals surface area contributed by atoms with Gasteiger partial charge in [0.15, 0.2) is 0 Å². The molecule has 3 heterocycles. The molecule has 0 bridgehead atoms. The molecule has 2 saturated heterocycles. The van der Waals surface area contributed by atoms with Crippen molar-refractivity contribution < 1.29 is 19.5 Å². The van der Waals surface area contributed by atoms with Gasteiger partial charge in [0.1, 0.15) is 6.04 Å². The van der Waals surface area contributed by atoms with E-state index < -0.39 is 6.04 Å². The average molecular weight is 400 g/mol. The summed E-state index contributed by atoms with van der Waals surface area (Å²) < 4.78 is 0. The summed E-state index contributed by atoms with van der Waals surface area (Å²) in [6.45, 7) is 2.89. The predicted octanol–water partition coefficient (Wildman–Crippen LogP) is -0.102. The minimum atomic E-state index is -0.597. The molecule has 3 amide bonds. The average Bonchev–Trinajstić information content (AvgIpc) is 2.89. The molecule has 156 valence electrons. The number of hydrogen-bond acceptors (Lipinski definition) is 6. The molecule has 4 rings (SSSR count). The topological polar surface area (TPSA) is 111 Å². The lowest BCUT2D eigenvalue weighted by Crippen LogP contribution is -2.52. The van der Waals surface area contributed by atoms with Gasteiger partial charge >= 0.3 is 0 Å². The minimum absolute atomic E-state index is 0.145. The van der Waals surface area contributed by atoms with E-state index in [4.69, 9.17) is 0 Å². The van der Waals surface area contributed by atoms with Gasteiger partial charge in [-0.1, -0.05) is 18.2 Å². The zero-order valence-corrected chi connectivity index (χ0v) is 16.4. The number of carbonyl (C=O) groups is 3. The maximum Gasteiger partial charge on any atom is 0.255 e. The van der Waals surface area contributed by atoms with Crippen LogP contribution in [0.3, 0.4) is 0 Å². The maximum atomic E-state index is 13.2. The van der Waals surface area contributed by atoms with E-state index in [9.17, 15) is 19.5 Å². The SMILES string of the molecule is O=C1CCC(N2Cc3cccc(CNC4CCNCCC4CO)c3C2=O)C(=O)N1. The Morgan fingerprint density at radius 1 is 1.14 bits per heavy atom. The van der Waals surface area contributed by atoms with Crippen LogP contribution in [-0.2, 0) is 22.7 Å². The first-order chi connectivity index (χ1) is 14.1. The van der Waals surface area contributed by atoms with E-state index in [2.05, 4.69) is 16.0 Å². The summed E-state index contributed by atoms with van der Waals surface area (Å²) in [6.07, 6.45) is 2.47. The van der Waals surface area contributed by atoms with Gasteiger partial charge in [-0.05, 0) is 49.4 Å². The van der Waals surface area contributed by atoms with Crippen molar-refractivity contribution in [1.82, 2.24) is 20.9 Å². The number of aliphatic hydroxyl groups excluding tert-OH is 1. The number of hydrogen-bond donors (Lipinski definition) is 4. The predicted molar refractivity (Wildman–Crippen MR) is 106 cm³/mol. The van der Waals surface area contributed by atoms with E-state index in [-0.39, 0.29) is 42.7 Å². The highest BCUT2D eigenvalue weighted by Gasteiger charge is 2.40. The molecule has 1 aromatic rings. The Hall–Kier alpha value is -2.29. The lowest BCUT2D eigenvalue weighted by Gasteiger charge is -2.29. The molecule has 0 aliphatic carbocycles. The van der Waals surface area contributed by atoms with Crippen LogP contribution in [0.1, 0.15) is 47.2 Å². The quantitative estimate of drug-likeness (QED) is 0.514. The van der Waals surface area contributed by atoms with E-state index in [0.29, 0.717) is 25.1 Å². The summed E-state index contributed by atoms with van der Waals surface area (Å²) >= 11 is 0. The van der Waals surface area contributed by atoms with Gasteiger partial charge in [0.2, 0.25) is 11.8 Å². The number of imide groups is 1. The van der Waals surface area contributed by atoms with Crippen molar-refractivity contribution in [2.24, 2.45) is 5.92 Å². The van der Waals surface area contributed by atoms with Crippen molar-refractivity contribution in [2.45, 2.75) is 50.9 Å². The fraction of sp³-hybridized carbons (Fsp3) is 0.571. The summed E-state index contributed by atoms with van der Waals surface area (Å²) in [5, 5.41) is 19.0. The minimum Gasteiger partial charge on any atom is -0.396 e. The number of nitrogens with one attached hydrogen (secondary N) is 3. The number of aliphatic hydroxyl groups is 1. The lowest BCUT2D eigenvalue weighted by molar-refractivity contribution is -0.136. The second-order valence-corrected chi connectivity index (χ2v) is 8.11. The van der Waals surface area contributed by atoms with Crippen LogP contribution in [0.4, 0.5) is 0 Å². The fourth-order valence-corrected chi connectivity index (χ4v) is 4.67. The molecule has 0 saturated carbocycles. The van der Waals surface area contributed by atoms with Gasteiger partial charge in [-0.25, -0.2) is 0 Å². The monoisotopic (exact) mass is 400 g/mol. The first-order valence-electron chi connectivity index (χ1n) is 10.4. The largest absolute Gasteiger partial charge is 0.396 e. The number of fused-ring (bicyclic) bond motifs is 1. The third kappa shape index (κ3) is 4.05. The Balaban J connectivity index is 1.49. The second kappa shape index (κ2) is 8.61. The second-order valence-electron chi connectivity index (χ2n) is 8.11. The summed E-state index contributed by atoms with van der Waals surface area (Å²) in [5.41, 5.74) is 2.49. The highest BCUT2D eigenvalue weighted by molar-refractivity contribution is 6.05. The van der Waals surface area contributed by atoms with Crippen molar-refractivity contribution in [3.63, 3.8) is 0 Å². The standard InChI is InChI=1S/C21H28N4O4/c26-12-15-6-8-22-9-7-16(15)23-10-13-2-1-3-14-11-25(21(29)19(13)14)17-4-5-18(27)24-20(17)28/h1-3,15-17,22-23,26H,4-12H2,(H,24,27,28). The van der Waals surface area contributed by atoms with E-state index in [1.807, 2.05) is 18.2 Å². The van der Waals surface area contributed by atoms with Gasteiger partial charge in [-0.3, -0.25) is 19.7 Å². The molecule has 1 aromatic carbocycles. The molecule has 8 nitrogen and oxygen atoms in total. The van der Waals surface area contributed by atoms with Crippen molar-refractivity contribution >= 4 is 17.7 Å². The highest BCUT2D eigenvalue weighted by atomic mass is 16.3. The highest BCUT2D eigenvalue weighted by Crippen LogP contribution is 2.30. The van der Waals surface area contributed by atoms with E-state index in [0.717, 1.165) is 37.1 Å². The number of carbonyl (C=O) groups excluding carboxylic acids is 3. The number of benzene rings is 1. The van der Waals surface area contributed by atoms with E-state index in [1.165, 1.54) is 0 Å². The molecule has 3 aliphatic heterocycles. The van der Waals surface area contributed by atoms with Crippen LogP contribution in [0, 0.1) is 5.92 Å². The third-order valence-corrected chi connectivity index (χ3v) is 6.32. The Kier molecular flexibility index (Phi) is 5.94. The molecule has 0 spiro atoms. The van der Waals surface area contributed by atoms with Gasteiger partial charge in [0, 0.05) is 37.7 Å². The molecule has 3 unspecified atom stereocenters. The molecule has 4 N–H and O–H groups in total. The summed E-state index contributed by atoms with van der Waals surface area (Å²) in [6, 6.07) is 5.40. The lowest BCUT2D eigenvalue weighted by atomic mass is 9.95. The Morgan fingerprint density at radius 2 is 1.97 bits per heavy atom. The molecule has 0 aromatic heterocycles. The fourth-order valence-electron chi connectivity index (χ4n) is 4.67. The first kappa shape index (κ1) is 20.0. The number of piperidine rings is 1. The van der Waals surface area contributed by atoms with Crippen LogP contribution in [0.2, 0.25) is 0 Å². The molecule has 3 atom stereocenters. The normalized spacial score (nSPS) is 27.6.